The fraction of sp³-hybridized carbons (Fsp3) is 0. The van der Waals surface area contributed by atoms with Crippen LogP contribution in [0, 0.1) is 0 Å². The van der Waals surface area contributed by atoms with E-state index in [1.54, 1.807) is 12.3 Å². The van der Waals surface area contributed by atoms with Crippen molar-refractivity contribution in [2.75, 3.05) is 0 Å². The molecule has 2 heterocycles. The fourth-order valence-corrected chi connectivity index (χ4v) is 3.91. The number of hydrogen-bond acceptors (Lipinski definition) is 2. The second-order valence-corrected chi connectivity index (χ2v) is 6.40. The van der Waals surface area contributed by atoms with Crippen LogP contribution in [0.3, 0.4) is 0 Å². The topological polar surface area (TPSA) is 32.9 Å². The maximum atomic E-state index is 11.9. The van der Waals surface area contributed by atoms with Gasteiger partial charge in [-0.1, -0.05) is 0 Å². The molecule has 2 aromatic rings. The predicted molar refractivity (Wildman–Crippen MR) is 63.9 cm³/mol. The van der Waals surface area contributed by atoms with Gasteiger partial charge in [0, 0.05) is 6.20 Å². The molecule has 2 aromatic heterocycles. The van der Waals surface area contributed by atoms with E-state index in [0.717, 1.165) is 7.57 Å². The first-order chi connectivity index (χ1) is 6.68. The van der Waals surface area contributed by atoms with E-state index in [0.29, 0.717) is 11.3 Å². The van der Waals surface area contributed by atoms with Gasteiger partial charge in [0.2, 0.25) is 5.78 Å². The number of carbonyl (C=O) groups is 1. The number of hydrogen-bond donors (Lipinski definition) is 1. The molecule has 0 bridgehead atoms. The predicted octanol–water partition coefficient (Wildman–Crippen LogP) is 3.83. The number of thiophene rings is 1. The van der Waals surface area contributed by atoms with E-state index in [2.05, 4.69) is 36.8 Å². The average Bonchev–Trinajstić information content (AvgIpc) is 2.73. The molecule has 0 aliphatic rings. The molecule has 0 aliphatic heterocycles. The van der Waals surface area contributed by atoms with E-state index >= 15 is 0 Å². The van der Waals surface area contributed by atoms with E-state index in [1.807, 2.05) is 12.1 Å². The van der Waals surface area contributed by atoms with Gasteiger partial charge in [-0.05, 0) is 50.1 Å². The number of carbonyl (C=O) groups excluding carboxylic acids is 1. The quantitative estimate of drug-likeness (QED) is 0.832. The molecule has 2 nitrogen and oxygen atoms in total. The summed E-state index contributed by atoms with van der Waals surface area (Å²) in [4.78, 5) is 14.8. The van der Waals surface area contributed by atoms with Crippen molar-refractivity contribution in [3.8, 4) is 0 Å². The number of halogens is 2. The summed E-state index contributed by atoms with van der Waals surface area (Å²) < 4.78 is 1.79. The van der Waals surface area contributed by atoms with Gasteiger partial charge in [0.25, 0.3) is 0 Å². The fourth-order valence-electron chi connectivity index (χ4n) is 1.11. The van der Waals surface area contributed by atoms with Gasteiger partial charge in [0.1, 0.15) is 0 Å². The Morgan fingerprint density at radius 3 is 2.71 bits per heavy atom. The molecule has 0 radical (unpaired) electrons. The van der Waals surface area contributed by atoms with Crippen molar-refractivity contribution in [2.45, 2.75) is 0 Å². The summed E-state index contributed by atoms with van der Waals surface area (Å²) in [6, 6.07) is 5.39. The van der Waals surface area contributed by atoms with Crippen molar-refractivity contribution in [3.63, 3.8) is 0 Å². The molecule has 0 saturated heterocycles. The lowest BCUT2D eigenvalue weighted by Gasteiger charge is -1.94. The van der Waals surface area contributed by atoms with E-state index in [1.165, 1.54) is 11.3 Å². The minimum Gasteiger partial charge on any atom is -0.359 e. The third kappa shape index (κ3) is 1.85. The lowest BCUT2D eigenvalue weighted by Crippen LogP contribution is -2.00. The molecule has 0 aromatic carbocycles. The zero-order valence-electron chi connectivity index (χ0n) is 6.88. The van der Waals surface area contributed by atoms with Crippen molar-refractivity contribution in [1.29, 1.82) is 0 Å². The standard InChI is InChI=1S/C9H5Br2NOS/c10-7-4-5(9(11)14-7)8(13)6-2-1-3-12-6/h1-4,12H. The highest BCUT2D eigenvalue weighted by Gasteiger charge is 2.15. The highest BCUT2D eigenvalue weighted by Crippen LogP contribution is 2.32. The van der Waals surface area contributed by atoms with Gasteiger partial charge in [-0.15, -0.1) is 11.3 Å². The maximum Gasteiger partial charge on any atom is 0.211 e. The van der Waals surface area contributed by atoms with Crippen LogP contribution in [0.4, 0.5) is 0 Å². The zero-order valence-corrected chi connectivity index (χ0v) is 10.9. The maximum absolute atomic E-state index is 11.9. The number of rotatable bonds is 2. The van der Waals surface area contributed by atoms with Crippen molar-refractivity contribution in [3.05, 3.63) is 43.2 Å². The summed E-state index contributed by atoms with van der Waals surface area (Å²) in [5.41, 5.74) is 1.29. The summed E-state index contributed by atoms with van der Waals surface area (Å²) in [5.74, 6) is 0.00354. The first-order valence-corrected chi connectivity index (χ1v) is 6.21. The van der Waals surface area contributed by atoms with Gasteiger partial charge >= 0.3 is 0 Å². The molecule has 72 valence electrons. The summed E-state index contributed by atoms with van der Waals surface area (Å²) in [6.45, 7) is 0. The van der Waals surface area contributed by atoms with Crippen LogP contribution in [0.1, 0.15) is 16.1 Å². The second kappa shape index (κ2) is 4.00. The first-order valence-electron chi connectivity index (χ1n) is 3.81. The molecule has 14 heavy (non-hydrogen) atoms. The molecule has 0 saturated carbocycles. The van der Waals surface area contributed by atoms with Crippen LogP contribution in [-0.4, -0.2) is 10.8 Å². The minimum absolute atomic E-state index is 0.00354. The molecule has 0 fully saturated rings. The highest BCUT2D eigenvalue weighted by molar-refractivity contribution is 9.12. The van der Waals surface area contributed by atoms with Gasteiger partial charge in [0.05, 0.1) is 18.8 Å². The van der Waals surface area contributed by atoms with E-state index < -0.39 is 0 Å². The molecule has 0 spiro atoms. The Morgan fingerprint density at radius 1 is 1.43 bits per heavy atom. The molecule has 0 aliphatic carbocycles. The van der Waals surface area contributed by atoms with Crippen molar-refractivity contribution in [2.24, 2.45) is 0 Å². The largest absolute Gasteiger partial charge is 0.359 e. The van der Waals surface area contributed by atoms with Crippen LogP contribution in [0.5, 0.6) is 0 Å². The molecule has 0 amide bonds. The Balaban J connectivity index is 2.41. The summed E-state index contributed by atoms with van der Waals surface area (Å²) >= 11 is 8.19. The van der Waals surface area contributed by atoms with E-state index in [4.69, 9.17) is 0 Å². The summed E-state index contributed by atoms with van der Waals surface area (Å²) in [6.07, 6.45) is 1.74. The smallest absolute Gasteiger partial charge is 0.211 e. The first kappa shape index (κ1) is 10.1. The van der Waals surface area contributed by atoms with Gasteiger partial charge in [-0.25, -0.2) is 0 Å². The lowest BCUT2D eigenvalue weighted by molar-refractivity contribution is 0.103. The van der Waals surface area contributed by atoms with Crippen LogP contribution in [0.25, 0.3) is 0 Å². The Bertz CT molecular complexity index is 461. The Kier molecular flexibility index (Phi) is 2.90. The van der Waals surface area contributed by atoms with E-state index in [-0.39, 0.29) is 5.78 Å². The average molecular weight is 335 g/mol. The van der Waals surface area contributed by atoms with Crippen LogP contribution in [0.2, 0.25) is 0 Å². The Hall–Kier alpha value is -0.390. The lowest BCUT2D eigenvalue weighted by atomic mass is 10.2. The molecule has 0 unspecified atom stereocenters. The van der Waals surface area contributed by atoms with E-state index in [9.17, 15) is 4.79 Å². The Labute approximate surface area is 102 Å². The summed E-state index contributed by atoms with van der Waals surface area (Å²) in [5, 5.41) is 0. The van der Waals surface area contributed by atoms with Crippen LogP contribution in [0.15, 0.2) is 32.0 Å². The summed E-state index contributed by atoms with van der Waals surface area (Å²) in [7, 11) is 0. The molecule has 5 heteroatoms. The van der Waals surface area contributed by atoms with Crippen LogP contribution in [-0.2, 0) is 0 Å². The van der Waals surface area contributed by atoms with Gasteiger partial charge < -0.3 is 4.98 Å². The van der Waals surface area contributed by atoms with Crippen LogP contribution >= 0.6 is 43.2 Å². The second-order valence-electron chi connectivity index (χ2n) is 2.65. The van der Waals surface area contributed by atoms with Gasteiger partial charge in [-0.2, -0.15) is 0 Å². The van der Waals surface area contributed by atoms with Crippen molar-refractivity contribution < 1.29 is 4.79 Å². The number of ketones is 1. The zero-order chi connectivity index (χ0) is 10.1. The van der Waals surface area contributed by atoms with Crippen LogP contribution < -0.4 is 0 Å². The Morgan fingerprint density at radius 2 is 2.21 bits per heavy atom. The van der Waals surface area contributed by atoms with Gasteiger partial charge in [0.15, 0.2) is 0 Å². The SMILES string of the molecule is O=C(c1ccc[nH]1)c1cc(Br)sc1Br. The van der Waals surface area contributed by atoms with Crippen molar-refractivity contribution >= 4 is 49.0 Å². The third-order valence-corrected chi connectivity index (χ3v) is 4.08. The molecule has 0 atom stereocenters. The number of aromatic nitrogens is 1. The normalized spacial score (nSPS) is 10.4. The molecule has 1 N–H and O–H groups in total. The monoisotopic (exact) mass is 333 g/mol. The minimum atomic E-state index is 0.00354. The molecular formula is C9H5Br2NOS. The number of nitrogens with one attached hydrogen (secondary N) is 1. The third-order valence-electron chi connectivity index (χ3n) is 1.74. The van der Waals surface area contributed by atoms with Gasteiger partial charge in [-0.3, -0.25) is 4.79 Å². The highest BCUT2D eigenvalue weighted by atomic mass is 79.9. The molecular weight excluding hydrogens is 330 g/mol. The van der Waals surface area contributed by atoms with Crippen molar-refractivity contribution in [1.82, 2.24) is 4.98 Å². The molecule has 2 rings (SSSR count). The number of H-pyrrole nitrogens is 1. The number of aromatic amines is 1.